The fraction of sp³-hybridized carbons (Fsp3) is 0.909. The number of carbonyl (C=O) groups is 1. The first-order valence-electron chi connectivity index (χ1n) is 5.54. The molecule has 0 aliphatic heterocycles. The number of carbonyl (C=O) groups excluding carboxylic acids is 1. The second-order valence-electron chi connectivity index (χ2n) is 3.57. The van der Waals surface area contributed by atoms with Crippen LogP contribution in [0.15, 0.2) is 0 Å². The van der Waals surface area contributed by atoms with Crippen LogP contribution in [-0.2, 0) is 9.53 Å². The van der Waals surface area contributed by atoms with Gasteiger partial charge in [0.25, 0.3) is 0 Å². The van der Waals surface area contributed by atoms with E-state index >= 15 is 0 Å². The van der Waals surface area contributed by atoms with Crippen molar-refractivity contribution in [2.45, 2.75) is 57.6 Å². The summed E-state index contributed by atoms with van der Waals surface area (Å²) in [6.07, 6.45) is 5.76. The van der Waals surface area contributed by atoms with E-state index in [0.29, 0.717) is 13.0 Å². The van der Waals surface area contributed by atoms with E-state index in [0.717, 1.165) is 32.1 Å². The molecule has 0 heterocycles. The van der Waals surface area contributed by atoms with Crippen LogP contribution in [0.1, 0.15) is 52.4 Å². The molecule has 4 heteroatoms. The van der Waals surface area contributed by atoms with Gasteiger partial charge in [-0.2, -0.15) is 12.6 Å². The zero-order valence-electron chi connectivity index (χ0n) is 10.00. The molecule has 1 unspecified atom stereocenters. The number of hydrogen-bond donors (Lipinski definition) is 1. The van der Waals surface area contributed by atoms with E-state index < -0.39 is 0 Å². The summed E-state index contributed by atoms with van der Waals surface area (Å²) >= 11 is 4.35. The number of unbranched alkanes of at least 4 members (excludes halogenated alkanes) is 2. The number of hydrogen-bond acceptors (Lipinski definition) is 3. The van der Waals surface area contributed by atoms with Crippen molar-refractivity contribution in [3.8, 4) is 0 Å². The van der Waals surface area contributed by atoms with Gasteiger partial charge in [-0.3, -0.25) is 4.79 Å². The van der Waals surface area contributed by atoms with E-state index in [1.807, 2.05) is 0 Å². The maximum absolute atomic E-state index is 11.2. The van der Waals surface area contributed by atoms with Crippen LogP contribution in [0.25, 0.3) is 0 Å². The molecule has 0 aromatic carbocycles. The molecule has 2 nitrogen and oxygen atoms in total. The van der Waals surface area contributed by atoms with Crippen LogP contribution >= 0.6 is 12.6 Å². The summed E-state index contributed by atoms with van der Waals surface area (Å²) in [5.41, 5.74) is 0. The Morgan fingerprint density at radius 2 is 1.87 bits per heavy atom. The van der Waals surface area contributed by atoms with Crippen LogP contribution in [0, 0.1) is 0 Å². The van der Waals surface area contributed by atoms with Gasteiger partial charge >= 0.3 is 29.9 Å². The monoisotopic (exact) mass is 340 g/mol. The van der Waals surface area contributed by atoms with Crippen molar-refractivity contribution in [2.24, 2.45) is 0 Å². The van der Waals surface area contributed by atoms with Crippen molar-refractivity contribution < 1.29 is 9.53 Å². The molecule has 0 saturated carbocycles. The van der Waals surface area contributed by atoms with Gasteiger partial charge in [0.15, 0.2) is 0 Å². The summed E-state index contributed by atoms with van der Waals surface area (Å²) in [7, 11) is 0. The third-order valence-electron chi connectivity index (χ3n) is 2.05. The number of ether oxygens (including phenoxy) is 1. The summed E-state index contributed by atoms with van der Waals surface area (Å²) in [4.78, 5) is 11.2. The Balaban J connectivity index is 0. The second kappa shape index (κ2) is 12.7. The van der Waals surface area contributed by atoms with Crippen LogP contribution < -0.4 is 0 Å². The Bertz CT molecular complexity index is 154. The first-order chi connectivity index (χ1) is 6.70. The number of esters is 1. The van der Waals surface area contributed by atoms with Crippen molar-refractivity contribution in [1.29, 1.82) is 0 Å². The van der Waals surface area contributed by atoms with Gasteiger partial charge < -0.3 is 4.74 Å². The van der Waals surface area contributed by atoms with Gasteiger partial charge in [0.2, 0.25) is 0 Å². The van der Waals surface area contributed by atoms with Gasteiger partial charge in [0, 0.05) is 5.25 Å². The van der Waals surface area contributed by atoms with Crippen molar-refractivity contribution in [1.82, 2.24) is 0 Å². The van der Waals surface area contributed by atoms with Crippen molar-refractivity contribution in [3.63, 3.8) is 0 Å². The number of rotatable bonds is 8. The molecule has 0 saturated heterocycles. The van der Waals surface area contributed by atoms with E-state index in [4.69, 9.17) is 4.74 Å². The summed E-state index contributed by atoms with van der Waals surface area (Å²) in [6, 6.07) is 0. The third kappa shape index (κ3) is 12.6. The van der Waals surface area contributed by atoms with Crippen LogP contribution in [-0.4, -0.2) is 41.7 Å². The summed E-state index contributed by atoms with van der Waals surface area (Å²) in [6.45, 7) is 4.78. The molecule has 2 radical (unpaired) electrons. The van der Waals surface area contributed by atoms with Crippen molar-refractivity contribution >= 4 is 42.5 Å². The van der Waals surface area contributed by atoms with Gasteiger partial charge in [-0.15, -0.1) is 0 Å². The molecule has 0 N–H and O–H groups in total. The van der Waals surface area contributed by atoms with Crippen LogP contribution in [0.5, 0.6) is 0 Å². The molecule has 0 aromatic heterocycles. The predicted octanol–water partition coefficient (Wildman–Crippen LogP) is 2.29. The van der Waals surface area contributed by atoms with Gasteiger partial charge in [-0.05, 0) is 12.8 Å². The molecule has 90 valence electrons. The van der Waals surface area contributed by atoms with E-state index in [1.165, 1.54) is 0 Å². The summed E-state index contributed by atoms with van der Waals surface area (Å²) in [5, 5.41) is 0.170. The molecule has 0 spiro atoms. The predicted molar refractivity (Wildman–Crippen MR) is 71.3 cm³/mol. The summed E-state index contributed by atoms with van der Waals surface area (Å²) in [5.74, 6) is -0.102. The standard InChI is InChI=1S/C11H22O2S.Sn.2H/c1-3-5-7-10(14)9-11(12)13-8-6-4-2;;;/h10,14H,3-9H2,1-2H3;;;. The minimum atomic E-state index is -0.102. The normalized spacial score (nSPS) is 11.7. The molecule has 0 bridgehead atoms. The van der Waals surface area contributed by atoms with E-state index in [9.17, 15) is 4.79 Å². The maximum atomic E-state index is 11.2. The van der Waals surface area contributed by atoms with Gasteiger partial charge in [0.05, 0.1) is 13.0 Å². The fourth-order valence-corrected chi connectivity index (χ4v) is 1.46. The van der Waals surface area contributed by atoms with E-state index in [2.05, 4.69) is 26.5 Å². The molecule has 15 heavy (non-hydrogen) atoms. The first-order valence-corrected chi connectivity index (χ1v) is 6.06. The average Bonchev–Trinajstić information content (AvgIpc) is 2.15. The first kappa shape index (κ1) is 18.0. The Morgan fingerprint density at radius 1 is 1.27 bits per heavy atom. The Kier molecular flexibility index (Phi) is 15.2. The van der Waals surface area contributed by atoms with Gasteiger partial charge in [-0.25, -0.2) is 0 Å². The SMILES string of the molecule is CCCCOC(=O)CC(S)CCCC.[SnH2]. The topological polar surface area (TPSA) is 26.3 Å². The van der Waals surface area contributed by atoms with Crippen LogP contribution in [0.4, 0.5) is 0 Å². The molecule has 1 atom stereocenters. The molecular formula is C11H24O2SSn. The molecular weight excluding hydrogens is 315 g/mol. The molecule has 0 fully saturated rings. The van der Waals surface area contributed by atoms with E-state index in [1.54, 1.807) is 0 Å². The molecule has 0 aliphatic rings. The Labute approximate surface area is 116 Å². The van der Waals surface area contributed by atoms with Crippen molar-refractivity contribution in [2.75, 3.05) is 6.61 Å². The average molecular weight is 339 g/mol. The fourth-order valence-electron chi connectivity index (χ4n) is 1.12. The molecule has 0 amide bonds. The molecule has 0 aromatic rings. The Hall–Kier alpha value is 0.619. The summed E-state index contributed by atoms with van der Waals surface area (Å²) < 4.78 is 5.05. The number of thiol groups is 1. The van der Waals surface area contributed by atoms with E-state index in [-0.39, 0.29) is 35.1 Å². The third-order valence-corrected chi connectivity index (χ3v) is 2.49. The van der Waals surface area contributed by atoms with Crippen LogP contribution in [0.3, 0.4) is 0 Å². The zero-order valence-corrected chi connectivity index (χ0v) is 14.9. The zero-order chi connectivity index (χ0) is 10.8. The van der Waals surface area contributed by atoms with Gasteiger partial charge in [0.1, 0.15) is 0 Å². The van der Waals surface area contributed by atoms with Gasteiger partial charge in [-0.1, -0.05) is 33.1 Å². The second-order valence-corrected chi connectivity index (χ2v) is 4.30. The molecule has 0 aliphatic carbocycles. The quantitative estimate of drug-likeness (QED) is 0.318. The van der Waals surface area contributed by atoms with Crippen molar-refractivity contribution in [3.05, 3.63) is 0 Å². The van der Waals surface area contributed by atoms with Crippen LogP contribution in [0.2, 0.25) is 0 Å². The minimum absolute atomic E-state index is 0. The molecule has 0 rings (SSSR count). The Morgan fingerprint density at radius 3 is 2.40 bits per heavy atom.